The maximum Gasteiger partial charge on any atom is 0.228 e. The minimum Gasteiger partial charge on any atom is -0.480 e. The summed E-state index contributed by atoms with van der Waals surface area (Å²) in [6.07, 6.45) is 3.33. The quantitative estimate of drug-likeness (QED) is 0.269. The van der Waals surface area contributed by atoms with Gasteiger partial charge in [-0.3, -0.25) is 9.69 Å². The van der Waals surface area contributed by atoms with Crippen molar-refractivity contribution in [1.82, 2.24) is 24.8 Å². The average molecular weight is 582 g/mol. The van der Waals surface area contributed by atoms with Gasteiger partial charge in [-0.2, -0.15) is 0 Å². The molecular weight excluding hydrogens is 546 g/mol. The Hall–Kier alpha value is -3.79. The number of para-hydroxylation sites is 1. The number of carbonyl (C=O) groups excluding carboxylic acids is 1. The Labute approximate surface area is 249 Å². The number of pyridine rings is 1. The molecule has 0 aliphatic carbocycles. The predicted octanol–water partition coefficient (Wildman–Crippen LogP) is 5.62. The summed E-state index contributed by atoms with van der Waals surface area (Å²) in [6.45, 7) is 7.00. The van der Waals surface area contributed by atoms with Crippen LogP contribution in [0.15, 0.2) is 60.8 Å². The third kappa shape index (κ3) is 5.17. The molecule has 0 saturated carbocycles. The smallest absolute Gasteiger partial charge is 0.228 e. The molecule has 3 aromatic heterocycles. The van der Waals surface area contributed by atoms with E-state index < -0.39 is 0 Å². The first-order valence-corrected chi connectivity index (χ1v) is 15.4. The summed E-state index contributed by atoms with van der Waals surface area (Å²) in [6, 6.07) is 18.3. The number of amides is 1. The molecule has 7 rings (SSSR count). The lowest BCUT2D eigenvalue weighted by Gasteiger charge is -2.41. The molecule has 2 atom stereocenters. The highest BCUT2D eigenvalue weighted by atomic mass is 32.1. The second-order valence-electron chi connectivity index (χ2n) is 11.3. The van der Waals surface area contributed by atoms with Crippen LogP contribution in [-0.2, 0) is 16.0 Å². The number of nitrogens with one attached hydrogen (secondary N) is 1. The van der Waals surface area contributed by atoms with E-state index >= 15 is 0 Å². The van der Waals surface area contributed by atoms with Gasteiger partial charge in [0.15, 0.2) is 0 Å². The van der Waals surface area contributed by atoms with E-state index in [1.807, 2.05) is 35.4 Å². The van der Waals surface area contributed by atoms with E-state index in [1.165, 1.54) is 15.6 Å². The number of ether oxygens (including phenoxy) is 2. The van der Waals surface area contributed by atoms with Crippen LogP contribution in [0.25, 0.3) is 32.2 Å². The molecule has 2 aliphatic heterocycles. The number of thiophene rings is 1. The molecule has 0 bridgehead atoms. The van der Waals surface area contributed by atoms with Gasteiger partial charge in [0.05, 0.1) is 43.1 Å². The van der Waals surface area contributed by atoms with Crippen LogP contribution in [0.2, 0.25) is 0 Å². The van der Waals surface area contributed by atoms with Crippen molar-refractivity contribution in [2.24, 2.45) is 5.92 Å². The van der Waals surface area contributed by atoms with Gasteiger partial charge in [0.2, 0.25) is 11.8 Å². The Bertz CT molecular complexity index is 1740. The molecule has 2 unspecified atom stereocenters. The Kier molecular flexibility index (Phi) is 7.39. The van der Waals surface area contributed by atoms with Crippen molar-refractivity contribution in [2.45, 2.75) is 25.8 Å². The van der Waals surface area contributed by atoms with Crippen molar-refractivity contribution in [3.8, 4) is 17.1 Å². The van der Waals surface area contributed by atoms with Crippen LogP contribution < -0.4 is 4.74 Å². The van der Waals surface area contributed by atoms with Crippen LogP contribution in [-0.4, -0.2) is 77.2 Å². The normalized spacial score (nSPS) is 19.6. The van der Waals surface area contributed by atoms with Gasteiger partial charge in [0.25, 0.3) is 0 Å². The fourth-order valence-corrected chi connectivity index (χ4v) is 7.55. The number of hydrogen-bond donors (Lipinski definition) is 1. The molecule has 1 amide bonds. The molecule has 1 N–H and O–H groups in total. The van der Waals surface area contributed by atoms with E-state index in [9.17, 15) is 4.79 Å². The van der Waals surface area contributed by atoms with E-state index in [-0.39, 0.29) is 11.9 Å². The molecule has 42 heavy (non-hydrogen) atoms. The number of aryl methyl sites for hydroxylation is 1. The van der Waals surface area contributed by atoms with Crippen LogP contribution in [0, 0.1) is 12.8 Å². The summed E-state index contributed by atoms with van der Waals surface area (Å²) in [5, 5.41) is 2.27. The van der Waals surface area contributed by atoms with Gasteiger partial charge in [-0.15, -0.1) is 11.3 Å². The van der Waals surface area contributed by atoms with E-state index in [4.69, 9.17) is 19.4 Å². The van der Waals surface area contributed by atoms with E-state index in [2.05, 4.69) is 47.1 Å². The SMILES string of the molecule is COc1nc2ccccc2cc1-c1cnc(C2CN(CC3CCOC3)CCN2C(=O)Cc2sc3ccccc3c2C)[nH]1. The zero-order valence-corrected chi connectivity index (χ0v) is 24.8. The molecule has 9 heteroatoms. The molecule has 2 aromatic carbocycles. The highest BCUT2D eigenvalue weighted by Gasteiger charge is 2.35. The number of rotatable bonds is 7. The molecule has 2 saturated heterocycles. The van der Waals surface area contributed by atoms with E-state index in [1.54, 1.807) is 18.4 Å². The Balaban J connectivity index is 1.19. The molecular formula is C33H35N5O3S. The van der Waals surface area contributed by atoms with Crippen molar-refractivity contribution >= 4 is 38.2 Å². The maximum absolute atomic E-state index is 14.0. The lowest BCUT2D eigenvalue weighted by Crippen LogP contribution is -2.52. The Morgan fingerprint density at radius 3 is 2.86 bits per heavy atom. The number of aromatic nitrogens is 3. The first-order valence-electron chi connectivity index (χ1n) is 14.6. The third-order valence-electron chi connectivity index (χ3n) is 8.66. The second-order valence-corrected chi connectivity index (χ2v) is 12.5. The molecule has 5 heterocycles. The van der Waals surface area contributed by atoms with Crippen molar-refractivity contribution in [3.63, 3.8) is 0 Å². The highest BCUT2D eigenvalue weighted by molar-refractivity contribution is 7.19. The van der Waals surface area contributed by atoms with E-state index in [0.29, 0.717) is 24.8 Å². The minimum absolute atomic E-state index is 0.140. The van der Waals surface area contributed by atoms with Crippen molar-refractivity contribution in [2.75, 3.05) is 46.5 Å². The van der Waals surface area contributed by atoms with Crippen molar-refractivity contribution < 1.29 is 14.3 Å². The van der Waals surface area contributed by atoms with E-state index in [0.717, 1.165) is 72.1 Å². The van der Waals surface area contributed by atoms with Gasteiger partial charge in [0.1, 0.15) is 11.9 Å². The number of methoxy groups -OCH3 is 1. The fourth-order valence-electron chi connectivity index (χ4n) is 6.35. The first-order chi connectivity index (χ1) is 20.6. The largest absolute Gasteiger partial charge is 0.480 e. The number of nitrogens with zero attached hydrogens (tertiary/aromatic N) is 4. The zero-order valence-electron chi connectivity index (χ0n) is 24.0. The molecule has 2 fully saturated rings. The summed E-state index contributed by atoms with van der Waals surface area (Å²) >= 11 is 1.73. The summed E-state index contributed by atoms with van der Waals surface area (Å²) < 4.78 is 12.6. The van der Waals surface area contributed by atoms with Crippen LogP contribution in [0.5, 0.6) is 5.88 Å². The molecule has 216 valence electrons. The summed E-state index contributed by atoms with van der Waals surface area (Å²) in [7, 11) is 1.64. The number of carbonyl (C=O) groups is 1. The molecule has 2 aliphatic rings. The van der Waals surface area contributed by atoms with Crippen LogP contribution in [0.3, 0.4) is 0 Å². The number of H-pyrrole nitrogens is 1. The Morgan fingerprint density at radius 1 is 1.17 bits per heavy atom. The summed E-state index contributed by atoms with van der Waals surface area (Å²) in [5.41, 5.74) is 3.76. The lowest BCUT2D eigenvalue weighted by molar-refractivity contribution is -0.136. The average Bonchev–Trinajstić information content (AvgIpc) is 3.78. The minimum atomic E-state index is -0.184. The summed E-state index contributed by atoms with van der Waals surface area (Å²) in [5.74, 6) is 2.01. The first kappa shape index (κ1) is 27.1. The molecule has 0 radical (unpaired) electrons. The predicted molar refractivity (Wildman–Crippen MR) is 166 cm³/mol. The van der Waals surface area contributed by atoms with Gasteiger partial charge < -0.3 is 19.4 Å². The van der Waals surface area contributed by atoms with Gasteiger partial charge in [0, 0.05) is 47.7 Å². The van der Waals surface area contributed by atoms with Gasteiger partial charge in [-0.25, -0.2) is 9.97 Å². The molecule has 0 spiro atoms. The fraction of sp³-hybridized carbons (Fsp3) is 0.364. The summed E-state index contributed by atoms with van der Waals surface area (Å²) in [4.78, 5) is 32.8. The van der Waals surface area contributed by atoms with Crippen LogP contribution >= 0.6 is 11.3 Å². The Morgan fingerprint density at radius 2 is 2.02 bits per heavy atom. The number of hydrogen-bond acceptors (Lipinski definition) is 7. The number of piperazine rings is 1. The highest BCUT2D eigenvalue weighted by Crippen LogP contribution is 2.35. The third-order valence-corrected chi connectivity index (χ3v) is 9.94. The lowest BCUT2D eigenvalue weighted by atomic mass is 10.0. The monoisotopic (exact) mass is 581 g/mol. The number of imidazole rings is 1. The van der Waals surface area contributed by atoms with Gasteiger partial charge in [-0.1, -0.05) is 36.4 Å². The number of fused-ring (bicyclic) bond motifs is 2. The zero-order chi connectivity index (χ0) is 28.6. The second kappa shape index (κ2) is 11.5. The maximum atomic E-state index is 14.0. The number of aromatic amines is 1. The van der Waals surface area contributed by atoms with Gasteiger partial charge in [-0.05, 0) is 48.4 Å². The topological polar surface area (TPSA) is 83.6 Å². The standard InChI is InChI=1S/C33H35N5O3S/c1-21-24-8-4-6-10-29(24)42-30(21)16-31(39)38-13-12-37(18-22-11-14-41-20-22)19-28(38)32-34-17-27(35-32)25-15-23-7-3-5-9-26(23)36-33(25)40-2/h3-10,15,17,22,28H,11-14,16,18-20H2,1-2H3,(H,34,35). The van der Waals surface area contributed by atoms with Gasteiger partial charge >= 0.3 is 0 Å². The van der Waals surface area contributed by atoms with Crippen molar-refractivity contribution in [1.29, 1.82) is 0 Å². The van der Waals surface area contributed by atoms with Crippen LogP contribution in [0.1, 0.15) is 28.7 Å². The molecule has 5 aromatic rings. The molecule has 8 nitrogen and oxygen atoms in total. The number of benzene rings is 2. The van der Waals surface area contributed by atoms with Crippen molar-refractivity contribution in [3.05, 3.63) is 77.1 Å². The van der Waals surface area contributed by atoms with Crippen LogP contribution in [0.4, 0.5) is 0 Å².